The highest BCUT2D eigenvalue weighted by molar-refractivity contribution is 5.67. The second kappa shape index (κ2) is 7.13. The second-order valence-electron chi connectivity index (χ2n) is 5.64. The first-order valence-corrected chi connectivity index (χ1v) is 7.82. The summed E-state index contributed by atoms with van der Waals surface area (Å²) in [5.74, 6) is 1.56. The number of hydrogen-bond acceptors (Lipinski definition) is 4. The van der Waals surface area contributed by atoms with Gasteiger partial charge < -0.3 is 9.47 Å². The van der Waals surface area contributed by atoms with E-state index in [1.807, 2.05) is 62.4 Å². The van der Waals surface area contributed by atoms with E-state index in [9.17, 15) is 0 Å². The second-order valence-corrected chi connectivity index (χ2v) is 5.64. The van der Waals surface area contributed by atoms with Gasteiger partial charge in [0.2, 0.25) is 0 Å². The number of rotatable bonds is 5. The van der Waals surface area contributed by atoms with Gasteiger partial charge in [0.15, 0.2) is 0 Å². The number of ether oxygens (including phenoxy) is 2. The molecule has 0 radical (unpaired) electrons. The minimum absolute atomic E-state index is 0.412. The van der Waals surface area contributed by atoms with Crippen molar-refractivity contribution in [1.82, 2.24) is 9.97 Å². The Hall–Kier alpha value is -2.88. The van der Waals surface area contributed by atoms with Crippen LogP contribution in [0.15, 0.2) is 54.7 Å². The molecule has 0 saturated heterocycles. The van der Waals surface area contributed by atoms with Crippen LogP contribution in [0.4, 0.5) is 0 Å². The Kier molecular flexibility index (Phi) is 4.75. The maximum Gasteiger partial charge on any atom is 0.146 e. The van der Waals surface area contributed by atoms with Gasteiger partial charge in [-0.25, -0.2) is 4.98 Å². The third-order valence-electron chi connectivity index (χ3n) is 3.71. The number of aryl methyl sites for hydroxylation is 2. The number of hydrogen-bond donors (Lipinski definition) is 0. The number of methoxy groups -OCH3 is 1. The smallest absolute Gasteiger partial charge is 0.146 e. The summed E-state index contributed by atoms with van der Waals surface area (Å²) in [4.78, 5) is 8.98. The summed E-state index contributed by atoms with van der Waals surface area (Å²) in [5.41, 5.74) is 4.83. The van der Waals surface area contributed by atoms with Gasteiger partial charge in [0.25, 0.3) is 0 Å². The van der Waals surface area contributed by atoms with Crippen molar-refractivity contribution in [3.8, 4) is 22.8 Å². The summed E-state index contributed by atoms with van der Waals surface area (Å²) >= 11 is 0. The molecule has 0 aliphatic heterocycles. The maximum absolute atomic E-state index is 5.99. The third-order valence-corrected chi connectivity index (χ3v) is 3.71. The molecule has 0 bridgehead atoms. The van der Waals surface area contributed by atoms with E-state index < -0.39 is 0 Å². The van der Waals surface area contributed by atoms with Crippen LogP contribution in [0.1, 0.15) is 17.0 Å². The lowest BCUT2D eigenvalue weighted by atomic mass is 10.1. The molecule has 0 N–H and O–H groups in total. The number of aromatic nitrogens is 2. The zero-order valence-electron chi connectivity index (χ0n) is 14.1. The summed E-state index contributed by atoms with van der Waals surface area (Å²) in [6.07, 6.45) is 1.80. The first-order chi connectivity index (χ1) is 11.7. The van der Waals surface area contributed by atoms with E-state index in [0.717, 1.165) is 34.1 Å². The van der Waals surface area contributed by atoms with E-state index in [4.69, 9.17) is 9.47 Å². The van der Waals surface area contributed by atoms with Crippen molar-refractivity contribution >= 4 is 0 Å². The quantitative estimate of drug-likeness (QED) is 0.701. The molecule has 0 amide bonds. The lowest BCUT2D eigenvalue weighted by molar-refractivity contribution is 0.301. The third kappa shape index (κ3) is 3.71. The Morgan fingerprint density at radius 2 is 1.75 bits per heavy atom. The number of benzene rings is 1. The first kappa shape index (κ1) is 16.0. The van der Waals surface area contributed by atoms with Gasteiger partial charge in [0.05, 0.1) is 12.8 Å². The predicted octanol–water partition coefficient (Wildman–Crippen LogP) is 4.35. The molecule has 1 aromatic carbocycles. The van der Waals surface area contributed by atoms with Gasteiger partial charge in [-0.05, 0) is 67.9 Å². The van der Waals surface area contributed by atoms with Crippen molar-refractivity contribution in [2.45, 2.75) is 20.5 Å². The van der Waals surface area contributed by atoms with Crippen molar-refractivity contribution in [3.63, 3.8) is 0 Å². The average molecular weight is 320 g/mol. The van der Waals surface area contributed by atoms with Crippen LogP contribution in [0, 0.1) is 13.8 Å². The van der Waals surface area contributed by atoms with Crippen LogP contribution in [0.25, 0.3) is 11.3 Å². The van der Waals surface area contributed by atoms with Crippen LogP contribution >= 0.6 is 0 Å². The maximum atomic E-state index is 5.99. The molecule has 2 heterocycles. The summed E-state index contributed by atoms with van der Waals surface area (Å²) < 4.78 is 11.2. The average Bonchev–Trinajstić information content (AvgIpc) is 2.61. The summed E-state index contributed by atoms with van der Waals surface area (Å²) in [7, 11) is 1.66. The molecule has 0 fully saturated rings. The minimum atomic E-state index is 0.412. The van der Waals surface area contributed by atoms with E-state index in [-0.39, 0.29) is 0 Å². The van der Waals surface area contributed by atoms with Gasteiger partial charge in [-0.15, -0.1) is 0 Å². The van der Waals surface area contributed by atoms with Crippen molar-refractivity contribution in [2.24, 2.45) is 0 Å². The van der Waals surface area contributed by atoms with Crippen molar-refractivity contribution < 1.29 is 9.47 Å². The monoisotopic (exact) mass is 320 g/mol. The van der Waals surface area contributed by atoms with Crippen LogP contribution in [0.2, 0.25) is 0 Å². The molecule has 0 aliphatic rings. The fraction of sp³-hybridized carbons (Fsp3) is 0.200. The lowest BCUT2D eigenvalue weighted by Crippen LogP contribution is -2.01. The summed E-state index contributed by atoms with van der Waals surface area (Å²) in [6.45, 7) is 4.43. The topological polar surface area (TPSA) is 44.2 Å². The minimum Gasteiger partial charge on any atom is -0.497 e. The van der Waals surface area contributed by atoms with Gasteiger partial charge in [-0.3, -0.25) is 4.98 Å². The normalized spacial score (nSPS) is 10.5. The predicted molar refractivity (Wildman–Crippen MR) is 94.3 cm³/mol. The molecule has 0 unspecified atom stereocenters. The van der Waals surface area contributed by atoms with Crippen LogP contribution in [0.3, 0.4) is 0 Å². The highest BCUT2D eigenvalue weighted by Crippen LogP contribution is 2.30. The van der Waals surface area contributed by atoms with Gasteiger partial charge in [0, 0.05) is 17.5 Å². The molecule has 4 nitrogen and oxygen atoms in total. The van der Waals surface area contributed by atoms with Crippen molar-refractivity contribution in [3.05, 3.63) is 71.7 Å². The van der Waals surface area contributed by atoms with Gasteiger partial charge in [-0.2, -0.15) is 0 Å². The zero-order valence-corrected chi connectivity index (χ0v) is 14.1. The molecule has 3 aromatic rings. The van der Waals surface area contributed by atoms with Crippen LogP contribution in [-0.2, 0) is 6.61 Å². The van der Waals surface area contributed by atoms with E-state index in [2.05, 4.69) is 9.97 Å². The Morgan fingerprint density at radius 1 is 0.958 bits per heavy atom. The van der Waals surface area contributed by atoms with Crippen molar-refractivity contribution in [1.29, 1.82) is 0 Å². The highest BCUT2D eigenvalue weighted by Gasteiger charge is 2.10. The SMILES string of the molecule is COc1ccc(-c2nc(C)ccc2OCc2cc(C)ccn2)cc1. The van der Waals surface area contributed by atoms with E-state index in [1.165, 1.54) is 5.56 Å². The van der Waals surface area contributed by atoms with Crippen LogP contribution < -0.4 is 9.47 Å². The Balaban J connectivity index is 1.87. The first-order valence-electron chi connectivity index (χ1n) is 7.82. The Labute approximate surface area is 142 Å². The van der Waals surface area contributed by atoms with Gasteiger partial charge in [0.1, 0.15) is 23.8 Å². The number of nitrogens with zero attached hydrogens (tertiary/aromatic N) is 2. The standard InChI is InChI=1S/C20H20N2O2/c1-14-10-11-21-17(12-14)13-24-19-9-4-15(2)22-20(19)16-5-7-18(23-3)8-6-16/h4-12H,13H2,1-3H3. The largest absolute Gasteiger partial charge is 0.497 e. The fourth-order valence-electron chi connectivity index (χ4n) is 2.45. The Bertz CT molecular complexity index is 829. The van der Waals surface area contributed by atoms with Gasteiger partial charge in [-0.1, -0.05) is 0 Å². The lowest BCUT2D eigenvalue weighted by Gasteiger charge is -2.12. The molecule has 0 atom stereocenters. The molecular weight excluding hydrogens is 300 g/mol. The molecule has 24 heavy (non-hydrogen) atoms. The van der Waals surface area contributed by atoms with E-state index in [1.54, 1.807) is 13.3 Å². The molecule has 4 heteroatoms. The molecule has 122 valence electrons. The molecular formula is C20H20N2O2. The fourth-order valence-corrected chi connectivity index (χ4v) is 2.45. The van der Waals surface area contributed by atoms with E-state index in [0.29, 0.717) is 6.61 Å². The highest BCUT2D eigenvalue weighted by atomic mass is 16.5. The molecule has 0 aliphatic carbocycles. The molecule has 0 saturated carbocycles. The van der Waals surface area contributed by atoms with Crippen LogP contribution in [-0.4, -0.2) is 17.1 Å². The Morgan fingerprint density at radius 3 is 2.46 bits per heavy atom. The number of pyridine rings is 2. The zero-order chi connectivity index (χ0) is 16.9. The molecule has 3 rings (SSSR count). The molecule has 2 aromatic heterocycles. The van der Waals surface area contributed by atoms with Crippen LogP contribution in [0.5, 0.6) is 11.5 Å². The summed E-state index contributed by atoms with van der Waals surface area (Å²) in [6, 6.07) is 15.7. The molecule has 0 spiro atoms. The van der Waals surface area contributed by atoms with Gasteiger partial charge >= 0.3 is 0 Å². The summed E-state index contributed by atoms with van der Waals surface area (Å²) in [5, 5.41) is 0. The van der Waals surface area contributed by atoms with E-state index >= 15 is 0 Å². The van der Waals surface area contributed by atoms with Crippen molar-refractivity contribution in [2.75, 3.05) is 7.11 Å².